The molecule has 0 saturated heterocycles. The maximum atomic E-state index is 5.51. The molecular weight excluding hydrogens is 300 g/mol. The molecule has 0 spiro atoms. The average molecular weight is 311 g/mol. The van der Waals surface area contributed by atoms with Gasteiger partial charge >= 0.3 is 0 Å². The van der Waals surface area contributed by atoms with Crippen LogP contribution in [0.15, 0.2) is 34.7 Å². The highest BCUT2D eigenvalue weighted by Gasteiger charge is 1.97. The van der Waals surface area contributed by atoms with Crippen molar-refractivity contribution in [2.24, 2.45) is 5.10 Å². The lowest BCUT2D eigenvalue weighted by molar-refractivity contribution is 1.29. The molecule has 1 heterocycles. The van der Waals surface area contributed by atoms with Crippen molar-refractivity contribution in [2.75, 3.05) is 11.2 Å². The van der Waals surface area contributed by atoms with Gasteiger partial charge in [-0.25, -0.2) is 4.98 Å². The van der Waals surface area contributed by atoms with E-state index in [-0.39, 0.29) is 0 Å². The summed E-state index contributed by atoms with van der Waals surface area (Å²) in [5.74, 6) is 0.508. The van der Waals surface area contributed by atoms with Crippen molar-refractivity contribution in [3.8, 4) is 0 Å². The van der Waals surface area contributed by atoms with E-state index in [0.717, 1.165) is 10.9 Å². The van der Waals surface area contributed by atoms with Crippen molar-refractivity contribution >= 4 is 44.4 Å². The summed E-state index contributed by atoms with van der Waals surface area (Å²) in [4.78, 5) is 4.05. The highest BCUT2D eigenvalue weighted by Crippen LogP contribution is 2.16. The Morgan fingerprint density at radius 2 is 2.29 bits per heavy atom. The molecule has 3 N–H and O–H groups in total. The van der Waals surface area contributed by atoms with Crippen LogP contribution in [0.2, 0.25) is 0 Å². The Balaban J connectivity index is 2.05. The zero-order chi connectivity index (χ0) is 12.1. The number of nitrogens with two attached hydrogens (primary N) is 1. The molecule has 0 saturated carbocycles. The quantitative estimate of drug-likeness (QED) is 0.518. The number of halogens is 1. The van der Waals surface area contributed by atoms with Crippen molar-refractivity contribution in [3.05, 3.63) is 40.8 Å². The Morgan fingerprint density at radius 1 is 1.47 bits per heavy atom. The van der Waals surface area contributed by atoms with Crippen LogP contribution in [-0.2, 0) is 5.33 Å². The Kier molecular flexibility index (Phi) is 4.11. The molecule has 0 aliphatic rings. The Hall–Kier alpha value is -1.40. The summed E-state index contributed by atoms with van der Waals surface area (Å²) in [6.07, 6.45) is 1.77. The summed E-state index contributed by atoms with van der Waals surface area (Å²) >= 11 is 4.86. The maximum Gasteiger partial charge on any atom is 0.205 e. The summed E-state index contributed by atoms with van der Waals surface area (Å²) in [5, 5.41) is 7.39. The average Bonchev–Trinajstić information content (AvgIpc) is 2.76. The van der Waals surface area contributed by atoms with E-state index in [1.54, 1.807) is 11.6 Å². The number of nitrogen functional groups attached to an aromatic ring is 1. The van der Waals surface area contributed by atoms with Crippen LogP contribution < -0.4 is 11.2 Å². The molecule has 4 nitrogen and oxygen atoms in total. The zero-order valence-corrected chi connectivity index (χ0v) is 11.3. The summed E-state index contributed by atoms with van der Waals surface area (Å²) in [6.45, 7) is 0. The van der Waals surface area contributed by atoms with Gasteiger partial charge in [-0.15, -0.1) is 11.3 Å². The van der Waals surface area contributed by atoms with E-state index in [9.17, 15) is 0 Å². The van der Waals surface area contributed by atoms with Crippen LogP contribution in [0.1, 0.15) is 11.1 Å². The fourth-order valence-electron chi connectivity index (χ4n) is 1.28. The third-order valence-corrected chi connectivity index (χ3v) is 3.45. The minimum Gasteiger partial charge on any atom is -0.383 e. The van der Waals surface area contributed by atoms with E-state index in [2.05, 4.69) is 37.5 Å². The third kappa shape index (κ3) is 3.28. The molecule has 17 heavy (non-hydrogen) atoms. The molecule has 0 radical (unpaired) electrons. The molecule has 88 valence electrons. The first-order valence-electron chi connectivity index (χ1n) is 4.93. The van der Waals surface area contributed by atoms with Gasteiger partial charge in [-0.3, -0.25) is 5.43 Å². The van der Waals surface area contributed by atoms with Crippen molar-refractivity contribution in [3.63, 3.8) is 0 Å². The fraction of sp³-hybridized carbons (Fsp3) is 0.0909. The molecule has 6 heteroatoms. The molecule has 2 rings (SSSR count). The molecule has 0 atom stereocenters. The van der Waals surface area contributed by atoms with Gasteiger partial charge in [0, 0.05) is 10.7 Å². The summed E-state index contributed by atoms with van der Waals surface area (Å²) in [5.41, 5.74) is 10.6. The highest BCUT2D eigenvalue weighted by molar-refractivity contribution is 9.08. The molecule has 2 aromatic rings. The molecular formula is C11H11BrN4S. The smallest absolute Gasteiger partial charge is 0.205 e. The van der Waals surface area contributed by atoms with Crippen LogP contribution in [0, 0.1) is 0 Å². The Morgan fingerprint density at radius 3 is 3.00 bits per heavy atom. The van der Waals surface area contributed by atoms with Gasteiger partial charge in [0.15, 0.2) is 0 Å². The summed E-state index contributed by atoms with van der Waals surface area (Å²) in [6, 6.07) is 8.05. The second-order valence-electron chi connectivity index (χ2n) is 3.28. The highest BCUT2D eigenvalue weighted by atomic mass is 79.9. The normalized spacial score (nSPS) is 10.9. The number of hydrogen-bond donors (Lipinski definition) is 2. The lowest BCUT2D eigenvalue weighted by Crippen LogP contribution is -1.93. The predicted molar refractivity (Wildman–Crippen MR) is 76.8 cm³/mol. The van der Waals surface area contributed by atoms with Crippen molar-refractivity contribution in [1.29, 1.82) is 0 Å². The third-order valence-electron chi connectivity index (χ3n) is 2.08. The van der Waals surface area contributed by atoms with E-state index in [1.165, 1.54) is 16.9 Å². The summed E-state index contributed by atoms with van der Waals surface area (Å²) in [7, 11) is 0. The van der Waals surface area contributed by atoms with Crippen LogP contribution in [0.3, 0.4) is 0 Å². The molecule has 0 amide bonds. The van der Waals surface area contributed by atoms with Crippen molar-refractivity contribution in [1.82, 2.24) is 4.98 Å². The molecule has 0 unspecified atom stereocenters. The number of hydrogen-bond acceptors (Lipinski definition) is 5. The zero-order valence-electron chi connectivity index (χ0n) is 8.93. The molecule has 0 bridgehead atoms. The van der Waals surface area contributed by atoms with Gasteiger partial charge in [0.25, 0.3) is 0 Å². The minimum absolute atomic E-state index is 0.508. The van der Waals surface area contributed by atoms with E-state index in [0.29, 0.717) is 10.9 Å². The number of hydrazone groups is 1. The minimum atomic E-state index is 0.508. The number of nitrogens with zero attached hydrogens (tertiary/aromatic N) is 2. The van der Waals surface area contributed by atoms with E-state index in [1.807, 2.05) is 18.2 Å². The van der Waals surface area contributed by atoms with E-state index < -0.39 is 0 Å². The van der Waals surface area contributed by atoms with E-state index >= 15 is 0 Å². The van der Waals surface area contributed by atoms with Crippen LogP contribution in [-0.4, -0.2) is 11.2 Å². The molecule has 0 fully saturated rings. The standard InChI is InChI=1S/C11H11BrN4S/c12-5-8-3-1-2-4-9(8)6-14-16-11-15-10(13)7-17-11/h1-4,6-7H,5,13H2,(H,15,16). The largest absolute Gasteiger partial charge is 0.383 e. The van der Waals surface area contributed by atoms with Crippen LogP contribution in [0.4, 0.5) is 10.9 Å². The first-order valence-corrected chi connectivity index (χ1v) is 6.93. The molecule has 0 aliphatic heterocycles. The van der Waals surface area contributed by atoms with Gasteiger partial charge in [0.2, 0.25) is 5.13 Å². The van der Waals surface area contributed by atoms with Gasteiger partial charge in [0.05, 0.1) is 6.21 Å². The topological polar surface area (TPSA) is 63.3 Å². The van der Waals surface area contributed by atoms with Crippen molar-refractivity contribution in [2.45, 2.75) is 5.33 Å². The van der Waals surface area contributed by atoms with Crippen LogP contribution in [0.5, 0.6) is 0 Å². The molecule has 1 aromatic heterocycles. The predicted octanol–water partition coefficient (Wildman–Crippen LogP) is 3.07. The number of thiazole rings is 1. The number of aromatic nitrogens is 1. The van der Waals surface area contributed by atoms with Gasteiger partial charge in [-0.05, 0) is 11.1 Å². The number of benzene rings is 1. The second kappa shape index (κ2) is 5.79. The number of rotatable bonds is 4. The van der Waals surface area contributed by atoms with Gasteiger partial charge < -0.3 is 5.73 Å². The Bertz CT molecular complexity index is 524. The lowest BCUT2D eigenvalue weighted by Gasteiger charge is -2.00. The SMILES string of the molecule is Nc1csc(NN=Cc2ccccc2CBr)n1. The first-order chi connectivity index (χ1) is 8.29. The Labute approximate surface area is 112 Å². The number of anilines is 2. The van der Waals surface area contributed by atoms with Crippen LogP contribution >= 0.6 is 27.3 Å². The van der Waals surface area contributed by atoms with Gasteiger partial charge in [0.1, 0.15) is 5.82 Å². The van der Waals surface area contributed by atoms with Gasteiger partial charge in [-0.1, -0.05) is 40.2 Å². The van der Waals surface area contributed by atoms with Crippen LogP contribution in [0.25, 0.3) is 0 Å². The fourth-order valence-corrected chi connectivity index (χ4v) is 2.34. The first kappa shape index (κ1) is 12.1. The van der Waals surface area contributed by atoms with Gasteiger partial charge in [-0.2, -0.15) is 5.10 Å². The summed E-state index contributed by atoms with van der Waals surface area (Å²) < 4.78 is 0. The molecule has 0 aliphatic carbocycles. The maximum absolute atomic E-state index is 5.51. The molecule has 1 aromatic carbocycles. The second-order valence-corrected chi connectivity index (χ2v) is 4.70. The van der Waals surface area contributed by atoms with E-state index in [4.69, 9.17) is 5.73 Å². The number of alkyl halides is 1. The van der Waals surface area contributed by atoms with Crippen molar-refractivity contribution < 1.29 is 0 Å². The monoisotopic (exact) mass is 310 g/mol. The number of nitrogens with one attached hydrogen (secondary N) is 1. The lowest BCUT2D eigenvalue weighted by atomic mass is 10.1.